The average Bonchev–Trinajstić information content (AvgIpc) is 2.38. The molecule has 3 N–H and O–H groups in total. The number of hydrogen-bond donors (Lipinski definition) is 3. The van der Waals surface area contributed by atoms with Gasteiger partial charge in [0, 0.05) is 11.3 Å². The molecular weight excluding hydrogens is 272 g/mol. The van der Waals surface area contributed by atoms with E-state index in [1.54, 1.807) is 38.1 Å². The normalized spacial score (nSPS) is 12.0. The first-order chi connectivity index (χ1) is 9.81. The van der Waals surface area contributed by atoms with Gasteiger partial charge < -0.3 is 10.4 Å². The second kappa shape index (κ2) is 7.54. The maximum Gasteiger partial charge on any atom is 0.320 e. The molecule has 1 atom stereocenters. The number of carbonyl (C=O) groups is 3. The molecule has 0 saturated carbocycles. The summed E-state index contributed by atoms with van der Waals surface area (Å²) in [6, 6.07) is 5.81. The van der Waals surface area contributed by atoms with Crippen LogP contribution in [0, 0.1) is 5.92 Å². The predicted molar refractivity (Wildman–Crippen MR) is 79.3 cm³/mol. The number of Topliss-reactive ketones (excluding diaryl/α,β-unsaturated/α-hetero) is 1. The highest BCUT2D eigenvalue weighted by atomic mass is 16.4. The molecule has 0 aromatic heterocycles. The van der Waals surface area contributed by atoms with Crippen LogP contribution in [0.5, 0.6) is 0 Å². The molecular formula is C15H20N2O4. The van der Waals surface area contributed by atoms with Crippen LogP contribution < -0.4 is 10.6 Å². The minimum absolute atomic E-state index is 0.0880. The van der Waals surface area contributed by atoms with Crippen molar-refractivity contribution in [3.05, 3.63) is 29.8 Å². The van der Waals surface area contributed by atoms with Crippen LogP contribution in [0.25, 0.3) is 0 Å². The van der Waals surface area contributed by atoms with Crippen LogP contribution in [0.15, 0.2) is 24.3 Å². The van der Waals surface area contributed by atoms with E-state index in [0.717, 1.165) is 0 Å². The van der Waals surface area contributed by atoms with Gasteiger partial charge in [-0.2, -0.15) is 0 Å². The van der Waals surface area contributed by atoms with E-state index in [1.165, 1.54) is 6.92 Å². The molecule has 0 bridgehead atoms. The number of nitrogens with one attached hydrogen (secondary N) is 2. The maximum absolute atomic E-state index is 11.8. The predicted octanol–water partition coefficient (Wildman–Crippen LogP) is 1.53. The zero-order chi connectivity index (χ0) is 16.0. The summed E-state index contributed by atoms with van der Waals surface area (Å²) in [5.41, 5.74) is 1.01. The van der Waals surface area contributed by atoms with Gasteiger partial charge in [-0.25, -0.2) is 0 Å². The van der Waals surface area contributed by atoms with E-state index in [9.17, 15) is 14.4 Å². The SMILES string of the molecule is CC(=O)c1cccc(NC(=O)CNC(C(=O)O)C(C)C)c1. The Balaban J connectivity index is 2.60. The van der Waals surface area contributed by atoms with E-state index in [1.807, 2.05) is 0 Å². The fourth-order valence-electron chi connectivity index (χ4n) is 1.83. The number of anilines is 1. The molecule has 1 amide bonds. The van der Waals surface area contributed by atoms with Gasteiger partial charge in [-0.05, 0) is 25.0 Å². The number of ketones is 1. The van der Waals surface area contributed by atoms with Gasteiger partial charge in [-0.15, -0.1) is 0 Å². The Hall–Kier alpha value is -2.21. The molecule has 1 rings (SSSR count). The van der Waals surface area contributed by atoms with Gasteiger partial charge in [-0.1, -0.05) is 26.0 Å². The Morgan fingerprint density at radius 1 is 1.24 bits per heavy atom. The van der Waals surface area contributed by atoms with Gasteiger partial charge in [0.25, 0.3) is 0 Å². The topological polar surface area (TPSA) is 95.5 Å². The van der Waals surface area contributed by atoms with Crippen molar-refractivity contribution in [1.29, 1.82) is 0 Å². The van der Waals surface area contributed by atoms with Crippen LogP contribution in [0.3, 0.4) is 0 Å². The molecule has 6 heteroatoms. The van der Waals surface area contributed by atoms with Gasteiger partial charge in [0.15, 0.2) is 5.78 Å². The smallest absolute Gasteiger partial charge is 0.320 e. The molecule has 0 aliphatic carbocycles. The lowest BCUT2D eigenvalue weighted by molar-refractivity contribution is -0.140. The van der Waals surface area contributed by atoms with Crippen LogP contribution in [0.2, 0.25) is 0 Å². The molecule has 0 heterocycles. The number of rotatable bonds is 7. The molecule has 1 unspecified atom stereocenters. The van der Waals surface area contributed by atoms with Crippen LogP contribution in [0.1, 0.15) is 31.1 Å². The summed E-state index contributed by atoms with van der Waals surface area (Å²) in [6.45, 7) is 4.86. The van der Waals surface area contributed by atoms with Crippen molar-refractivity contribution in [3.8, 4) is 0 Å². The number of hydrogen-bond acceptors (Lipinski definition) is 4. The van der Waals surface area contributed by atoms with Gasteiger partial charge in [-0.3, -0.25) is 19.7 Å². The molecule has 0 fully saturated rings. The number of carboxylic acid groups (broad SMARTS) is 1. The van der Waals surface area contributed by atoms with Gasteiger partial charge in [0.05, 0.1) is 6.54 Å². The molecule has 0 saturated heterocycles. The monoisotopic (exact) mass is 292 g/mol. The fraction of sp³-hybridized carbons (Fsp3) is 0.400. The van der Waals surface area contributed by atoms with Crippen molar-refractivity contribution in [1.82, 2.24) is 5.32 Å². The average molecular weight is 292 g/mol. The molecule has 0 aliphatic rings. The Kier molecular flexibility index (Phi) is 6.05. The van der Waals surface area contributed by atoms with Crippen molar-refractivity contribution in [2.75, 3.05) is 11.9 Å². The van der Waals surface area contributed by atoms with E-state index < -0.39 is 12.0 Å². The summed E-state index contributed by atoms with van der Waals surface area (Å²) in [4.78, 5) is 34.0. The Morgan fingerprint density at radius 2 is 1.90 bits per heavy atom. The van der Waals surface area contributed by atoms with Crippen LogP contribution >= 0.6 is 0 Å². The van der Waals surface area contributed by atoms with Crippen molar-refractivity contribution >= 4 is 23.3 Å². The Bertz CT molecular complexity index is 540. The third-order valence-corrected chi connectivity index (χ3v) is 2.97. The minimum Gasteiger partial charge on any atom is -0.480 e. The van der Waals surface area contributed by atoms with Crippen molar-refractivity contribution < 1.29 is 19.5 Å². The molecule has 114 valence electrons. The molecule has 21 heavy (non-hydrogen) atoms. The van der Waals surface area contributed by atoms with Crippen LogP contribution in [0.4, 0.5) is 5.69 Å². The highest BCUT2D eigenvalue weighted by molar-refractivity contribution is 5.97. The molecule has 1 aromatic carbocycles. The van der Waals surface area contributed by atoms with Crippen LogP contribution in [-0.4, -0.2) is 35.4 Å². The quantitative estimate of drug-likeness (QED) is 0.662. The summed E-state index contributed by atoms with van der Waals surface area (Å²) < 4.78 is 0. The lowest BCUT2D eigenvalue weighted by Gasteiger charge is -2.17. The largest absolute Gasteiger partial charge is 0.480 e. The first-order valence-corrected chi connectivity index (χ1v) is 6.68. The third-order valence-electron chi connectivity index (χ3n) is 2.97. The standard InChI is InChI=1S/C15H20N2O4/c1-9(2)14(15(20)21)16-8-13(19)17-12-6-4-5-11(7-12)10(3)18/h4-7,9,14,16H,8H2,1-3H3,(H,17,19)(H,20,21). The first-order valence-electron chi connectivity index (χ1n) is 6.68. The maximum atomic E-state index is 11.8. The van der Waals surface area contributed by atoms with Crippen molar-refractivity contribution in [3.63, 3.8) is 0 Å². The van der Waals surface area contributed by atoms with E-state index in [-0.39, 0.29) is 24.2 Å². The Labute approximate surface area is 123 Å². The summed E-state index contributed by atoms with van der Waals surface area (Å²) in [5.74, 6) is -1.56. The van der Waals surface area contributed by atoms with E-state index in [4.69, 9.17) is 5.11 Å². The minimum atomic E-state index is -0.989. The summed E-state index contributed by atoms with van der Waals surface area (Å²) in [5, 5.41) is 14.3. The first kappa shape index (κ1) is 16.8. The van der Waals surface area contributed by atoms with Crippen molar-refractivity contribution in [2.45, 2.75) is 26.8 Å². The molecule has 6 nitrogen and oxygen atoms in total. The summed E-state index contributed by atoms with van der Waals surface area (Å²) in [7, 11) is 0. The Morgan fingerprint density at radius 3 is 2.43 bits per heavy atom. The van der Waals surface area contributed by atoms with Crippen LogP contribution in [-0.2, 0) is 9.59 Å². The van der Waals surface area contributed by atoms with E-state index in [0.29, 0.717) is 11.3 Å². The van der Waals surface area contributed by atoms with Gasteiger partial charge in [0.1, 0.15) is 6.04 Å². The number of aliphatic carboxylic acids is 1. The van der Waals surface area contributed by atoms with E-state index in [2.05, 4.69) is 10.6 Å². The van der Waals surface area contributed by atoms with Gasteiger partial charge >= 0.3 is 5.97 Å². The molecule has 0 radical (unpaired) electrons. The lowest BCUT2D eigenvalue weighted by Crippen LogP contribution is -2.44. The highest BCUT2D eigenvalue weighted by Gasteiger charge is 2.21. The second-order valence-electron chi connectivity index (χ2n) is 5.13. The van der Waals surface area contributed by atoms with Crippen molar-refractivity contribution in [2.24, 2.45) is 5.92 Å². The molecule has 0 spiro atoms. The second-order valence-corrected chi connectivity index (χ2v) is 5.13. The van der Waals surface area contributed by atoms with E-state index >= 15 is 0 Å². The zero-order valence-electron chi connectivity index (χ0n) is 12.3. The molecule has 1 aromatic rings. The lowest BCUT2D eigenvalue weighted by atomic mass is 10.1. The third kappa shape index (κ3) is 5.35. The summed E-state index contributed by atoms with van der Waals surface area (Å²) in [6.07, 6.45) is 0. The number of benzene rings is 1. The van der Waals surface area contributed by atoms with Gasteiger partial charge in [0.2, 0.25) is 5.91 Å². The fourth-order valence-corrected chi connectivity index (χ4v) is 1.83. The zero-order valence-corrected chi connectivity index (χ0v) is 12.3. The summed E-state index contributed by atoms with van der Waals surface area (Å²) >= 11 is 0. The number of carboxylic acids is 1. The number of amides is 1. The molecule has 0 aliphatic heterocycles. The number of carbonyl (C=O) groups excluding carboxylic acids is 2. The highest BCUT2D eigenvalue weighted by Crippen LogP contribution is 2.11.